The summed E-state index contributed by atoms with van der Waals surface area (Å²) in [7, 11) is 0. The van der Waals surface area contributed by atoms with E-state index in [-0.39, 0.29) is 5.92 Å². The molecule has 2 atom stereocenters. The van der Waals surface area contributed by atoms with Gasteiger partial charge in [0.2, 0.25) is 0 Å². The number of unbranched alkanes of at least 4 members (excludes halogenated alkanes) is 3. The second kappa shape index (κ2) is 11.1. The highest BCUT2D eigenvalue weighted by atomic mass is 16.4. The number of rotatable bonds is 12. The maximum atomic E-state index is 11.2. The first-order valence-electron chi connectivity index (χ1n) is 7.98. The molecule has 0 amide bonds. The molecule has 0 aliphatic rings. The molecule has 2 nitrogen and oxygen atoms in total. The van der Waals surface area contributed by atoms with Crippen LogP contribution in [0.25, 0.3) is 0 Å². The Morgan fingerprint density at radius 3 is 2.16 bits per heavy atom. The molecule has 0 heterocycles. The molecule has 0 radical (unpaired) electrons. The third kappa shape index (κ3) is 8.07. The van der Waals surface area contributed by atoms with Gasteiger partial charge in [-0.15, -0.1) is 0 Å². The van der Waals surface area contributed by atoms with Crippen molar-refractivity contribution in [2.45, 2.75) is 78.6 Å². The predicted molar refractivity (Wildman–Crippen MR) is 82.3 cm³/mol. The molecule has 1 N–H and O–H groups in total. The number of aliphatic carboxylic acids is 1. The zero-order valence-electron chi connectivity index (χ0n) is 13.1. The van der Waals surface area contributed by atoms with Crippen molar-refractivity contribution in [1.82, 2.24) is 0 Å². The Bertz CT molecular complexity index is 258. The van der Waals surface area contributed by atoms with Crippen LogP contribution in [0, 0.1) is 11.8 Å². The lowest BCUT2D eigenvalue weighted by atomic mass is 9.82. The lowest BCUT2D eigenvalue weighted by Gasteiger charge is -2.23. The van der Waals surface area contributed by atoms with E-state index < -0.39 is 5.97 Å². The Morgan fingerprint density at radius 2 is 1.68 bits per heavy atom. The number of carboxylic acid groups (broad SMARTS) is 1. The first kappa shape index (κ1) is 18.2. The van der Waals surface area contributed by atoms with Gasteiger partial charge in [0, 0.05) is 5.57 Å². The maximum absolute atomic E-state index is 11.2. The third-order valence-corrected chi connectivity index (χ3v) is 4.08. The average Bonchev–Trinajstić information content (AvgIpc) is 2.40. The molecule has 0 bridgehead atoms. The molecule has 0 aliphatic heterocycles. The maximum Gasteiger partial charge on any atom is 0.331 e. The Kier molecular flexibility index (Phi) is 10.6. The Morgan fingerprint density at radius 1 is 1.05 bits per heavy atom. The predicted octanol–water partition coefficient (Wildman–Crippen LogP) is 5.43. The molecule has 0 aromatic heterocycles. The van der Waals surface area contributed by atoms with Crippen molar-refractivity contribution in [3.8, 4) is 0 Å². The summed E-state index contributed by atoms with van der Waals surface area (Å²) in [4.78, 5) is 11.2. The van der Waals surface area contributed by atoms with Gasteiger partial charge < -0.3 is 5.11 Å². The summed E-state index contributed by atoms with van der Waals surface area (Å²) in [6.45, 7) is 10.4. The average molecular weight is 268 g/mol. The minimum atomic E-state index is -0.813. The molecule has 2 unspecified atom stereocenters. The lowest BCUT2D eigenvalue weighted by molar-refractivity contribution is -0.133. The van der Waals surface area contributed by atoms with Crippen molar-refractivity contribution in [1.29, 1.82) is 0 Å². The van der Waals surface area contributed by atoms with E-state index in [0.29, 0.717) is 11.5 Å². The number of hydrogen-bond donors (Lipinski definition) is 1. The van der Waals surface area contributed by atoms with Gasteiger partial charge in [-0.2, -0.15) is 0 Å². The summed E-state index contributed by atoms with van der Waals surface area (Å²) < 4.78 is 0. The van der Waals surface area contributed by atoms with E-state index in [0.717, 1.165) is 25.7 Å². The number of hydrogen-bond acceptors (Lipinski definition) is 1. The van der Waals surface area contributed by atoms with Gasteiger partial charge in [0.1, 0.15) is 0 Å². The smallest absolute Gasteiger partial charge is 0.331 e. The van der Waals surface area contributed by atoms with Crippen LogP contribution in [0.4, 0.5) is 0 Å². The second-order valence-corrected chi connectivity index (χ2v) is 5.68. The highest BCUT2D eigenvalue weighted by Crippen LogP contribution is 2.29. The van der Waals surface area contributed by atoms with Crippen LogP contribution < -0.4 is 0 Å². The molecule has 0 aromatic rings. The Labute approximate surface area is 119 Å². The highest BCUT2D eigenvalue weighted by molar-refractivity contribution is 5.86. The summed E-state index contributed by atoms with van der Waals surface area (Å²) in [5, 5.41) is 9.17. The molecule has 0 saturated carbocycles. The molecule has 0 saturated heterocycles. The van der Waals surface area contributed by atoms with E-state index in [1.54, 1.807) is 0 Å². The largest absolute Gasteiger partial charge is 0.478 e. The summed E-state index contributed by atoms with van der Waals surface area (Å²) in [6.07, 6.45) is 10.3. The minimum Gasteiger partial charge on any atom is -0.478 e. The molecule has 2 heteroatoms. The Hall–Kier alpha value is -0.790. The van der Waals surface area contributed by atoms with Crippen LogP contribution in [0.1, 0.15) is 78.6 Å². The fourth-order valence-corrected chi connectivity index (χ4v) is 2.63. The van der Waals surface area contributed by atoms with Crippen LogP contribution in [0.15, 0.2) is 12.2 Å². The normalized spacial score (nSPS) is 14.1. The van der Waals surface area contributed by atoms with Crippen molar-refractivity contribution in [2.24, 2.45) is 11.8 Å². The Balaban J connectivity index is 4.44. The second-order valence-electron chi connectivity index (χ2n) is 5.68. The summed E-state index contributed by atoms with van der Waals surface area (Å²) >= 11 is 0. The standard InChI is InChI=1S/C17H32O2/c1-5-8-10-12-16(14(4)17(18)19)13-15(7-3)11-9-6-2/h15-16H,4-13H2,1-3H3,(H,18,19). The quantitative estimate of drug-likeness (QED) is 0.378. The molecule has 0 aliphatic carbocycles. The van der Waals surface area contributed by atoms with Crippen LogP contribution in [0.5, 0.6) is 0 Å². The van der Waals surface area contributed by atoms with Crippen LogP contribution >= 0.6 is 0 Å². The molecular weight excluding hydrogens is 236 g/mol. The van der Waals surface area contributed by atoms with E-state index in [2.05, 4.69) is 27.4 Å². The molecule has 19 heavy (non-hydrogen) atoms. The highest BCUT2D eigenvalue weighted by Gasteiger charge is 2.21. The van der Waals surface area contributed by atoms with Crippen molar-refractivity contribution in [2.75, 3.05) is 0 Å². The van der Waals surface area contributed by atoms with E-state index in [1.807, 2.05) is 0 Å². The van der Waals surface area contributed by atoms with Crippen molar-refractivity contribution < 1.29 is 9.90 Å². The van der Waals surface area contributed by atoms with E-state index >= 15 is 0 Å². The van der Waals surface area contributed by atoms with E-state index in [4.69, 9.17) is 0 Å². The zero-order chi connectivity index (χ0) is 14.7. The fraction of sp³-hybridized carbons (Fsp3) is 0.824. The van der Waals surface area contributed by atoms with Crippen LogP contribution in [0.2, 0.25) is 0 Å². The van der Waals surface area contributed by atoms with Crippen LogP contribution in [0.3, 0.4) is 0 Å². The van der Waals surface area contributed by atoms with Gasteiger partial charge in [-0.3, -0.25) is 0 Å². The van der Waals surface area contributed by atoms with Gasteiger partial charge in [0.15, 0.2) is 0 Å². The molecule has 0 spiro atoms. The van der Waals surface area contributed by atoms with Crippen LogP contribution in [-0.4, -0.2) is 11.1 Å². The summed E-state index contributed by atoms with van der Waals surface area (Å²) in [6, 6.07) is 0. The van der Waals surface area contributed by atoms with Gasteiger partial charge in [-0.05, 0) is 24.7 Å². The van der Waals surface area contributed by atoms with Gasteiger partial charge in [-0.1, -0.05) is 72.3 Å². The van der Waals surface area contributed by atoms with Crippen molar-refractivity contribution in [3.63, 3.8) is 0 Å². The topological polar surface area (TPSA) is 37.3 Å². The van der Waals surface area contributed by atoms with Gasteiger partial charge >= 0.3 is 5.97 Å². The molecule has 0 aromatic carbocycles. The number of carboxylic acids is 1. The van der Waals surface area contributed by atoms with Gasteiger partial charge in [-0.25, -0.2) is 4.79 Å². The van der Waals surface area contributed by atoms with E-state index in [9.17, 15) is 9.90 Å². The molecule has 0 fully saturated rings. The van der Waals surface area contributed by atoms with E-state index in [1.165, 1.54) is 32.1 Å². The first-order chi connectivity index (χ1) is 9.06. The first-order valence-corrected chi connectivity index (χ1v) is 7.98. The fourth-order valence-electron chi connectivity index (χ4n) is 2.63. The van der Waals surface area contributed by atoms with Gasteiger partial charge in [0.05, 0.1) is 0 Å². The monoisotopic (exact) mass is 268 g/mol. The lowest BCUT2D eigenvalue weighted by Crippen LogP contribution is -2.16. The van der Waals surface area contributed by atoms with Crippen molar-refractivity contribution >= 4 is 5.97 Å². The summed E-state index contributed by atoms with van der Waals surface area (Å²) in [5.74, 6) is 0.0142. The van der Waals surface area contributed by atoms with Crippen molar-refractivity contribution in [3.05, 3.63) is 12.2 Å². The zero-order valence-corrected chi connectivity index (χ0v) is 13.1. The van der Waals surface area contributed by atoms with Crippen LogP contribution in [-0.2, 0) is 4.79 Å². The minimum absolute atomic E-state index is 0.172. The third-order valence-electron chi connectivity index (χ3n) is 4.08. The molecule has 0 rings (SSSR count). The number of carbonyl (C=O) groups is 1. The van der Waals surface area contributed by atoms with Gasteiger partial charge in [0.25, 0.3) is 0 Å². The molecular formula is C17H32O2. The molecule has 112 valence electrons. The SMILES string of the molecule is C=C(C(=O)O)C(CCCCC)CC(CC)CCCC. The summed E-state index contributed by atoms with van der Waals surface area (Å²) in [5.41, 5.74) is 0.422.